The van der Waals surface area contributed by atoms with Gasteiger partial charge in [-0.2, -0.15) is 0 Å². The molecule has 0 unspecified atom stereocenters. The fourth-order valence-corrected chi connectivity index (χ4v) is 1.63. The molecule has 0 spiro atoms. The van der Waals surface area contributed by atoms with E-state index in [1.165, 1.54) is 12.1 Å². The normalized spacial score (nSPS) is 10.7. The Morgan fingerprint density at radius 2 is 1.95 bits per heavy atom. The molecule has 0 radical (unpaired) electrons. The molecular formula is C14H18N2O6. The van der Waals surface area contributed by atoms with Crippen LogP contribution in [0.15, 0.2) is 18.2 Å². The number of benzene rings is 1. The van der Waals surface area contributed by atoms with E-state index in [2.05, 4.69) is 5.32 Å². The van der Waals surface area contributed by atoms with Crippen LogP contribution >= 0.6 is 0 Å². The van der Waals surface area contributed by atoms with E-state index < -0.39 is 28.3 Å². The minimum Gasteiger partial charge on any atom is -0.462 e. The van der Waals surface area contributed by atoms with E-state index in [1.54, 1.807) is 27.7 Å². The summed E-state index contributed by atoms with van der Waals surface area (Å²) < 4.78 is 9.87. The van der Waals surface area contributed by atoms with E-state index in [4.69, 9.17) is 9.47 Å². The summed E-state index contributed by atoms with van der Waals surface area (Å²) in [4.78, 5) is 34.1. The van der Waals surface area contributed by atoms with E-state index >= 15 is 0 Å². The number of carbonyl (C=O) groups is 2. The number of nitrogens with zero attached hydrogens (tertiary/aromatic N) is 1. The summed E-state index contributed by atoms with van der Waals surface area (Å²) in [5, 5.41) is 13.4. The number of nitro groups is 1. The average molecular weight is 310 g/mol. The standard InChI is InChI=1S/C14H18N2O6/c1-5-21-12(17)11-9(7-6-8-10(11)16(19)20)15-13(18)22-14(2,3)4/h6-8H,5H2,1-4H3,(H,15,18). The van der Waals surface area contributed by atoms with Gasteiger partial charge in [-0.1, -0.05) is 6.07 Å². The highest BCUT2D eigenvalue weighted by molar-refractivity contribution is 6.03. The lowest BCUT2D eigenvalue weighted by atomic mass is 10.1. The number of nitrogens with one attached hydrogen (secondary N) is 1. The summed E-state index contributed by atoms with van der Waals surface area (Å²) in [6.07, 6.45) is -0.821. The molecule has 0 saturated heterocycles. The third-order valence-corrected chi connectivity index (χ3v) is 2.35. The maximum absolute atomic E-state index is 11.9. The molecule has 22 heavy (non-hydrogen) atoms. The zero-order valence-electron chi connectivity index (χ0n) is 12.8. The summed E-state index contributed by atoms with van der Waals surface area (Å²) in [5.74, 6) is -0.888. The van der Waals surface area contributed by atoms with Crippen LogP contribution < -0.4 is 5.32 Å². The third kappa shape index (κ3) is 4.72. The largest absolute Gasteiger partial charge is 0.462 e. The molecule has 120 valence electrons. The van der Waals surface area contributed by atoms with Crippen molar-refractivity contribution >= 4 is 23.4 Å². The Bertz CT molecular complexity index is 591. The Kier molecular flexibility index (Phi) is 5.44. The Labute approximate surface area is 127 Å². The molecule has 0 bridgehead atoms. The average Bonchev–Trinajstić information content (AvgIpc) is 2.36. The summed E-state index contributed by atoms with van der Waals surface area (Å²) in [5.41, 5.74) is -1.55. The lowest BCUT2D eigenvalue weighted by Gasteiger charge is -2.20. The summed E-state index contributed by atoms with van der Waals surface area (Å²) in [6, 6.07) is 3.88. The molecule has 0 saturated carbocycles. The van der Waals surface area contributed by atoms with Gasteiger partial charge in [0.1, 0.15) is 5.60 Å². The minimum atomic E-state index is -0.888. The summed E-state index contributed by atoms with van der Waals surface area (Å²) in [6.45, 7) is 6.65. The van der Waals surface area contributed by atoms with E-state index in [0.29, 0.717) is 0 Å². The van der Waals surface area contributed by atoms with Gasteiger partial charge < -0.3 is 9.47 Å². The van der Waals surface area contributed by atoms with Crippen molar-refractivity contribution in [1.82, 2.24) is 0 Å². The molecule has 0 fully saturated rings. The van der Waals surface area contributed by atoms with Crippen LogP contribution in [0, 0.1) is 10.1 Å². The second-order valence-electron chi connectivity index (χ2n) is 5.30. The first-order valence-electron chi connectivity index (χ1n) is 6.60. The molecular weight excluding hydrogens is 292 g/mol. The van der Waals surface area contributed by atoms with Gasteiger partial charge in [0, 0.05) is 6.07 Å². The van der Waals surface area contributed by atoms with Crippen molar-refractivity contribution in [3.05, 3.63) is 33.9 Å². The van der Waals surface area contributed by atoms with Crippen LogP contribution in [0.1, 0.15) is 38.1 Å². The maximum atomic E-state index is 11.9. The molecule has 0 heterocycles. The van der Waals surface area contributed by atoms with Gasteiger partial charge in [0.05, 0.1) is 17.2 Å². The predicted molar refractivity (Wildman–Crippen MR) is 78.9 cm³/mol. The molecule has 0 aliphatic heterocycles. The lowest BCUT2D eigenvalue weighted by molar-refractivity contribution is -0.385. The third-order valence-electron chi connectivity index (χ3n) is 2.35. The Hall–Kier alpha value is -2.64. The molecule has 8 heteroatoms. The van der Waals surface area contributed by atoms with Gasteiger partial charge in [0.15, 0.2) is 5.56 Å². The van der Waals surface area contributed by atoms with Crippen molar-refractivity contribution < 1.29 is 24.0 Å². The zero-order chi connectivity index (χ0) is 16.9. The highest BCUT2D eigenvalue weighted by Gasteiger charge is 2.27. The topological polar surface area (TPSA) is 108 Å². The number of rotatable bonds is 4. The summed E-state index contributed by atoms with van der Waals surface area (Å²) in [7, 11) is 0. The van der Waals surface area contributed by atoms with Crippen LogP contribution in [0.4, 0.5) is 16.2 Å². The number of hydrogen-bond donors (Lipinski definition) is 1. The van der Waals surface area contributed by atoms with Crippen molar-refractivity contribution in [2.75, 3.05) is 11.9 Å². The molecule has 8 nitrogen and oxygen atoms in total. The van der Waals surface area contributed by atoms with Crippen molar-refractivity contribution in [2.24, 2.45) is 0 Å². The van der Waals surface area contributed by atoms with Gasteiger partial charge >= 0.3 is 12.1 Å². The van der Waals surface area contributed by atoms with E-state index in [1.807, 2.05) is 0 Å². The minimum absolute atomic E-state index is 0.0399. The Balaban J connectivity index is 3.18. The summed E-state index contributed by atoms with van der Waals surface area (Å²) >= 11 is 0. The highest BCUT2D eigenvalue weighted by atomic mass is 16.6. The second-order valence-corrected chi connectivity index (χ2v) is 5.30. The van der Waals surface area contributed by atoms with Gasteiger partial charge in [-0.15, -0.1) is 0 Å². The maximum Gasteiger partial charge on any atom is 0.412 e. The first kappa shape index (κ1) is 17.4. The second kappa shape index (κ2) is 6.88. The number of nitro benzene ring substituents is 1. The fraction of sp³-hybridized carbons (Fsp3) is 0.429. The molecule has 1 rings (SSSR count). The number of amides is 1. The molecule has 0 aromatic heterocycles. The van der Waals surface area contributed by atoms with Crippen molar-refractivity contribution in [3.63, 3.8) is 0 Å². The first-order valence-corrected chi connectivity index (χ1v) is 6.60. The van der Waals surface area contributed by atoms with Gasteiger partial charge in [0.25, 0.3) is 5.69 Å². The van der Waals surface area contributed by atoms with Gasteiger partial charge in [-0.05, 0) is 33.8 Å². The van der Waals surface area contributed by atoms with Crippen molar-refractivity contribution in [2.45, 2.75) is 33.3 Å². The molecule has 0 atom stereocenters. The molecule has 1 N–H and O–H groups in total. The SMILES string of the molecule is CCOC(=O)c1c(NC(=O)OC(C)(C)C)cccc1[N+](=O)[O-]. The highest BCUT2D eigenvalue weighted by Crippen LogP contribution is 2.27. The molecule has 0 aliphatic rings. The van der Waals surface area contributed by atoms with Crippen LogP contribution in [-0.2, 0) is 9.47 Å². The van der Waals surface area contributed by atoms with Crippen LogP contribution in [-0.4, -0.2) is 29.2 Å². The van der Waals surface area contributed by atoms with Crippen molar-refractivity contribution in [3.8, 4) is 0 Å². The number of esters is 1. The van der Waals surface area contributed by atoms with Crippen LogP contribution in [0.2, 0.25) is 0 Å². The quantitative estimate of drug-likeness (QED) is 0.520. The van der Waals surface area contributed by atoms with E-state index in [0.717, 1.165) is 6.07 Å². The molecule has 1 aromatic carbocycles. The molecule has 0 aliphatic carbocycles. The lowest BCUT2D eigenvalue weighted by Crippen LogP contribution is -2.28. The van der Waals surface area contributed by atoms with E-state index in [-0.39, 0.29) is 17.9 Å². The Morgan fingerprint density at radius 3 is 2.45 bits per heavy atom. The monoisotopic (exact) mass is 310 g/mol. The molecule has 1 aromatic rings. The van der Waals surface area contributed by atoms with Crippen LogP contribution in [0.5, 0.6) is 0 Å². The number of hydrogen-bond acceptors (Lipinski definition) is 6. The van der Waals surface area contributed by atoms with Gasteiger partial charge in [0.2, 0.25) is 0 Å². The smallest absolute Gasteiger partial charge is 0.412 e. The van der Waals surface area contributed by atoms with Gasteiger partial charge in [-0.25, -0.2) is 9.59 Å². The number of ether oxygens (including phenoxy) is 2. The zero-order valence-corrected chi connectivity index (χ0v) is 12.8. The van der Waals surface area contributed by atoms with Crippen molar-refractivity contribution in [1.29, 1.82) is 0 Å². The van der Waals surface area contributed by atoms with Crippen LogP contribution in [0.3, 0.4) is 0 Å². The number of carbonyl (C=O) groups excluding carboxylic acids is 2. The van der Waals surface area contributed by atoms with Gasteiger partial charge in [-0.3, -0.25) is 15.4 Å². The first-order chi connectivity index (χ1) is 10.2. The number of anilines is 1. The molecule has 1 amide bonds. The fourth-order valence-electron chi connectivity index (χ4n) is 1.63. The van der Waals surface area contributed by atoms with E-state index in [9.17, 15) is 19.7 Å². The van der Waals surface area contributed by atoms with Crippen LogP contribution in [0.25, 0.3) is 0 Å². The predicted octanol–water partition coefficient (Wildman–Crippen LogP) is 3.12. The Morgan fingerprint density at radius 1 is 1.32 bits per heavy atom.